The van der Waals surface area contributed by atoms with Crippen LogP contribution in [0.15, 0.2) is 0 Å². The minimum Gasteiger partial charge on any atom is -0.465 e. The fourth-order valence-electron chi connectivity index (χ4n) is 0. The molecule has 1 rings (SSSR count). The Balaban J connectivity index is 0.000000135. The second-order valence-corrected chi connectivity index (χ2v) is 1.62. The van der Waals surface area contributed by atoms with Gasteiger partial charge in [0.15, 0.2) is 0 Å². The van der Waals surface area contributed by atoms with E-state index in [4.69, 9.17) is 5.11 Å². The average Bonchev–Trinajstić information content (AvgIpc) is 2.48. The summed E-state index contributed by atoms with van der Waals surface area (Å²) in [7, 11) is 1.35. The summed E-state index contributed by atoms with van der Waals surface area (Å²) < 4.78 is 0. The quantitative estimate of drug-likeness (QED) is 0.498. The van der Waals surface area contributed by atoms with Gasteiger partial charge in [-0.25, -0.2) is 4.79 Å². The van der Waals surface area contributed by atoms with E-state index in [2.05, 4.69) is 0 Å². The molecule has 8 heavy (non-hydrogen) atoms. The number of hydrogen-bond acceptors (Lipinski definition) is 1. The van der Waals surface area contributed by atoms with Crippen LogP contribution < -0.4 is 5.32 Å². The fraction of sp³-hybridized carbons (Fsp3) is 0.800. The lowest BCUT2D eigenvalue weighted by Crippen LogP contribution is -2.13. The van der Waals surface area contributed by atoms with Crippen molar-refractivity contribution in [2.75, 3.05) is 7.05 Å². The van der Waals surface area contributed by atoms with Crippen LogP contribution in [0.3, 0.4) is 0 Å². The average molecular weight is 117 g/mol. The van der Waals surface area contributed by atoms with Crippen LogP contribution in [0.5, 0.6) is 0 Å². The molecule has 0 spiro atoms. The van der Waals surface area contributed by atoms with Gasteiger partial charge in [0.2, 0.25) is 0 Å². The molecule has 0 heterocycles. The number of amides is 1. The van der Waals surface area contributed by atoms with E-state index in [1.54, 1.807) is 0 Å². The molecule has 0 radical (unpaired) electrons. The maximum Gasteiger partial charge on any atom is 0.404 e. The van der Waals surface area contributed by atoms with Crippen LogP contribution in [0.4, 0.5) is 4.79 Å². The molecule has 1 fully saturated rings. The zero-order valence-electron chi connectivity index (χ0n) is 4.98. The molecule has 0 aromatic rings. The van der Waals surface area contributed by atoms with Crippen molar-refractivity contribution in [1.82, 2.24) is 5.32 Å². The van der Waals surface area contributed by atoms with E-state index in [-0.39, 0.29) is 0 Å². The maximum atomic E-state index is 9.26. The van der Waals surface area contributed by atoms with Gasteiger partial charge in [0.05, 0.1) is 0 Å². The number of carboxylic acid groups (broad SMARTS) is 1. The highest BCUT2D eigenvalue weighted by atomic mass is 16.4. The minimum atomic E-state index is -0.995. The first-order valence-corrected chi connectivity index (χ1v) is 2.68. The second-order valence-electron chi connectivity index (χ2n) is 1.62. The van der Waals surface area contributed by atoms with Crippen molar-refractivity contribution in [1.29, 1.82) is 0 Å². The molecule has 0 aromatic heterocycles. The number of rotatable bonds is 0. The van der Waals surface area contributed by atoms with Gasteiger partial charge in [-0.3, -0.25) is 0 Å². The molecule has 0 saturated heterocycles. The Morgan fingerprint density at radius 3 is 1.75 bits per heavy atom. The molecule has 0 bridgehead atoms. The highest BCUT2D eigenvalue weighted by Crippen LogP contribution is 2.14. The summed E-state index contributed by atoms with van der Waals surface area (Å²) in [5.74, 6) is 0. The lowest BCUT2D eigenvalue weighted by atomic mass is 11.0. The first kappa shape index (κ1) is 7.27. The molecule has 1 aliphatic carbocycles. The van der Waals surface area contributed by atoms with E-state index in [0.29, 0.717) is 0 Å². The Morgan fingerprint density at radius 1 is 1.50 bits per heavy atom. The summed E-state index contributed by atoms with van der Waals surface area (Å²) >= 11 is 0. The van der Waals surface area contributed by atoms with Gasteiger partial charge >= 0.3 is 6.09 Å². The van der Waals surface area contributed by atoms with Crippen molar-refractivity contribution in [3.8, 4) is 0 Å². The molecule has 1 amide bonds. The third-order valence-electron chi connectivity index (χ3n) is 0.567. The molecule has 1 saturated carbocycles. The molecule has 0 aliphatic heterocycles. The van der Waals surface area contributed by atoms with Gasteiger partial charge in [0, 0.05) is 7.05 Å². The molecule has 48 valence electrons. The Morgan fingerprint density at radius 2 is 1.75 bits per heavy atom. The molecule has 3 nitrogen and oxygen atoms in total. The van der Waals surface area contributed by atoms with Crippen LogP contribution in [0.2, 0.25) is 0 Å². The highest BCUT2D eigenvalue weighted by molar-refractivity contribution is 5.63. The predicted octanol–water partition coefficient (Wildman–Crippen LogP) is 1.05. The van der Waals surface area contributed by atoms with Gasteiger partial charge in [0.1, 0.15) is 0 Å². The minimum absolute atomic E-state index is 0.995. The van der Waals surface area contributed by atoms with E-state index in [1.807, 2.05) is 5.32 Å². The molecule has 0 atom stereocenters. The monoisotopic (exact) mass is 117 g/mol. The molecular formula is C5H11NO2. The van der Waals surface area contributed by atoms with Crippen LogP contribution in [0, 0.1) is 0 Å². The summed E-state index contributed by atoms with van der Waals surface area (Å²) in [5.41, 5.74) is 0. The molecular weight excluding hydrogens is 106 g/mol. The number of nitrogens with one attached hydrogen (secondary N) is 1. The normalized spacial score (nSPS) is 13.1. The third-order valence-corrected chi connectivity index (χ3v) is 0.567. The van der Waals surface area contributed by atoms with Crippen LogP contribution in [-0.4, -0.2) is 18.2 Å². The van der Waals surface area contributed by atoms with Crippen LogP contribution in [0.25, 0.3) is 0 Å². The fourth-order valence-corrected chi connectivity index (χ4v) is 0. The van der Waals surface area contributed by atoms with Crippen molar-refractivity contribution >= 4 is 6.09 Å². The zero-order chi connectivity index (χ0) is 6.41. The van der Waals surface area contributed by atoms with Gasteiger partial charge in [0.25, 0.3) is 0 Å². The highest BCUT2D eigenvalue weighted by Gasteiger charge is 1.95. The largest absolute Gasteiger partial charge is 0.465 e. The number of hydrogen-bond donors (Lipinski definition) is 2. The van der Waals surface area contributed by atoms with Crippen molar-refractivity contribution in [3.63, 3.8) is 0 Å². The molecule has 2 N–H and O–H groups in total. The topological polar surface area (TPSA) is 49.3 Å². The summed E-state index contributed by atoms with van der Waals surface area (Å²) in [6.45, 7) is 0. The van der Waals surface area contributed by atoms with E-state index in [1.165, 1.54) is 26.3 Å². The predicted molar refractivity (Wildman–Crippen MR) is 30.9 cm³/mol. The Hall–Kier alpha value is -0.730. The van der Waals surface area contributed by atoms with E-state index < -0.39 is 6.09 Å². The SMILES string of the molecule is C1CC1.CNC(=O)O. The number of carbonyl (C=O) groups is 1. The first-order chi connectivity index (χ1) is 3.77. The van der Waals surface area contributed by atoms with Gasteiger partial charge in [-0.15, -0.1) is 0 Å². The third kappa shape index (κ3) is 18.6. The van der Waals surface area contributed by atoms with Crippen molar-refractivity contribution in [2.24, 2.45) is 0 Å². The van der Waals surface area contributed by atoms with E-state index in [0.717, 1.165) is 0 Å². The summed E-state index contributed by atoms with van der Waals surface area (Å²) in [6, 6.07) is 0. The first-order valence-electron chi connectivity index (χ1n) is 2.68. The van der Waals surface area contributed by atoms with E-state index >= 15 is 0 Å². The second kappa shape index (κ2) is 4.43. The van der Waals surface area contributed by atoms with E-state index in [9.17, 15) is 4.79 Å². The molecule has 0 unspecified atom stereocenters. The van der Waals surface area contributed by atoms with Gasteiger partial charge in [-0.2, -0.15) is 0 Å². The lowest BCUT2D eigenvalue weighted by Gasteiger charge is -1.78. The maximum absolute atomic E-state index is 9.26. The standard InChI is InChI=1S/C3H6.C2H5NO2/c1-2-3-1;1-3-2(4)5/h1-3H2;3H,1H3,(H,4,5). The Kier molecular flexibility index (Phi) is 4.03. The van der Waals surface area contributed by atoms with Crippen LogP contribution >= 0.6 is 0 Å². The van der Waals surface area contributed by atoms with Crippen molar-refractivity contribution in [2.45, 2.75) is 19.3 Å². The smallest absolute Gasteiger partial charge is 0.404 e. The summed E-state index contributed by atoms with van der Waals surface area (Å²) in [4.78, 5) is 9.26. The van der Waals surface area contributed by atoms with Crippen molar-refractivity contribution in [3.05, 3.63) is 0 Å². The van der Waals surface area contributed by atoms with Crippen LogP contribution in [-0.2, 0) is 0 Å². The lowest BCUT2D eigenvalue weighted by molar-refractivity contribution is 0.197. The van der Waals surface area contributed by atoms with Gasteiger partial charge in [-0.05, 0) is 0 Å². The molecule has 1 aliphatic rings. The van der Waals surface area contributed by atoms with Gasteiger partial charge < -0.3 is 10.4 Å². The van der Waals surface area contributed by atoms with Crippen molar-refractivity contribution < 1.29 is 9.90 Å². The Bertz CT molecular complexity index is 68.1. The van der Waals surface area contributed by atoms with Gasteiger partial charge in [-0.1, -0.05) is 19.3 Å². The zero-order valence-corrected chi connectivity index (χ0v) is 4.98. The summed E-state index contributed by atoms with van der Waals surface area (Å²) in [5, 5.41) is 9.56. The van der Waals surface area contributed by atoms with Crippen LogP contribution in [0.1, 0.15) is 19.3 Å². The Labute approximate surface area is 48.7 Å². The molecule has 3 heteroatoms. The summed E-state index contributed by atoms with van der Waals surface area (Å²) in [6.07, 6.45) is 3.50. The molecule has 0 aromatic carbocycles.